The van der Waals surface area contributed by atoms with E-state index in [2.05, 4.69) is 22.6 Å². The van der Waals surface area contributed by atoms with Crippen molar-refractivity contribution in [3.8, 4) is 0 Å². The number of halogens is 6. The average molecular weight is 458 g/mol. The van der Waals surface area contributed by atoms with Crippen molar-refractivity contribution in [3.05, 3.63) is 73.5 Å². The highest BCUT2D eigenvalue weighted by atomic mass is 127. The maximum Gasteiger partial charge on any atom is 0.200 e. The molecule has 2 aromatic carbocycles. The highest BCUT2D eigenvalue weighted by molar-refractivity contribution is 14.1. The average Bonchev–Trinajstić information content (AvgIpc) is 2.53. The molecule has 0 aliphatic carbocycles. The molecule has 0 heterocycles. The third kappa shape index (κ3) is 4.17. The van der Waals surface area contributed by atoms with E-state index in [0.717, 1.165) is 8.98 Å². The van der Waals surface area contributed by atoms with E-state index in [1.807, 2.05) is 0 Å². The molecule has 1 nitrogen and oxygen atoms in total. The molecular formula is C15H8F5IOS. The fourth-order valence-electron chi connectivity index (χ4n) is 1.71. The van der Waals surface area contributed by atoms with Gasteiger partial charge in [-0.3, -0.25) is 4.21 Å². The molecule has 23 heavy (non-hydrogen) atoms. The number of hydrogen-bond donors (Lipinski definition) is 0. The van der Waals surface area contributed by atoms with Crippen LogP contribution in [0.25, 0.3) is 6.08 Å². The van der Waals surface area contributed by atoms with E-state index in [1.54, 1.807) is 24.3 Å². The van der Waals surface area contributed by atoms with Crippen LogP contribution in [0.1, 0.15) is 11.1 Å². The van der Waals surface area contributed by atoms with Crippen molar-refractivity contribution in [2.24, 2.45) is 0 Å². The van der Waals surface area contributed by atoms with Gasteiger partial charge in [-0.05, 0) is 46.4 Å². The van der Waals surface area contributed by atoms with E-state index < -0.39 is 45.4 Å². The van der Waals surface area contributed by atoms with Crippen molar-refractivity contribution in [2.45, 2.75) is 5.75 Å². The zero-order valence-electron chi connectivity index (χ0n) is 11.3. The molecule has 0 N–H and O–H groups in total. The number of benzene rings is 2. The van der Waals surface area contributed by atoms with Gasteiger partial charge in [-0.2, -0.15) is 0 Å². The summed E-state index contributed by atoms with van der Waals surface area (Å²) >= 11 is 2.10. The van der Waals surface area contributed by atoms with Crippen LogP contribution >= 0.6 is 22.6 Å². The number of rotatable bonds is 4. The SMILES string of the molecule is O=S(C=Cc1c(F)c(F)c(F)c(F)c1F)Cc1ccc(I)cc1. The lowest BCUT2D eigenvalue weighted by molar-refractivity contribution is 0.377. The Kier molecular flexibility index (Phi) is 5.90. The minimum Gasteiger partial charge on any atom is -0.255 e. The van der Waals surface area contributed by atoms with Crippen LogP contribution in [0.5, 0.6) is 0 Å². The largest absolute Gasteiger partial charge is 0.255 e. The zero-order chi connectivity index (χ0) is 17.1. The van der Waals surface area contributed by atoms with E-state index in [-0.39, 0.29) is 5.75 Å². The molecular weight excluding hydrogens is 450 g/mol. The van der Waals surface area contributed by atoms with Gasteiger partial charge in [-0.1, -0.05) is 12.1 Å². The maximum absolute atomic E-state index is 13.5. The summed E-state index contributed by atoms with van der Waals surface area (Å²) in [6.07, 6.45) is 0.638. The monoisotopic (exact) mass is 458 g/mol. The van der Waals surface area contributed by atoms with Crippen molar-refractivity contribution in [3.63, 3.8) is 0 Å². The Balaban J connectivity index is 2.23. The molecule has 0 aromatic heterocycles. The summed E-state index contributed by atoms with van der Waals surface area (Å²) in [5.41, 5.74) is -0.400. The highest BCUT2D eigenvalue weighted by Gasteiger charge is 2.24. The molecule has 0 saturated carbocycles. The second-order valence-corrected chi connectivity index (χ2v) is 7.01. The Hall–Kier alpha value is -1.29. The van der Waals surface area contributed by atoms with Crippen molar-refractivity contribution < 1.29 is 26.2 Å². The third-order valence-electron chi connectivity index (χ3n) is 2.85. The molecule has 0 fully saturated rings. The first-order valence-electron chi connectivity index (χ1n) is 6.12. The smallest absolute Gasteiger partial charge is 0.200 e. The molecule has 1 unspecified atom stereocenters. The van der Waals surface area contributed by atoms with E-state index in [4.69, 9.17) is 0 Å². The normalized spacial score (nSPS) is 12.8. The molecule has 122 valence electrons. The van der Waals surface area contributed by atoms with Crippen LogP contribution in [0, 0.1) is 32.7 Å². The van der Waals surface area contributed by atoms with Gasteiger partial charge in [0.1, 0.15) is 0 Å². The van der Waals surface area contributed by atoms with E-state index in [9.17, 15) is 26.2 Å². The first-order valence-corrected chi connectivity index (χ1v) is 8.58. The van der Waals surface area contributed by atoms with Crippen LogP contribution in [-0.4, -0.2) is 4.21 Å². The topological polar surface area (TPSA) is 17.1 Å². The van der Waals surface area contributed by atoms with Crippen LogP contribution in [0.15, 0.2) is 29.7 Å². The van der Waals surface area contributed by atoms with Gasteiger partial charge in [0.05, 0.1) is 22.1 Å². The van der Waals surface area contributed by atoms with Gasteiger partial charge < -0.3 is 0 Å². The van der Waals surface area contributed by atoms with Crippen LogP contribution in [0.3, 0.4) is 0 Å². The second-order valence-electron chi connectivity index (χ2n) is 4.44. The Morgan fingerprint density at radius 1 is 0.870 bits per heavy atom. The van der Waals surface area contributed by atoms with Gasteiger partial charge in [0, 0.05) is 8.98 Å². The first kappa shape index (κ1) is 18.1. The van der Waals surface area contributed by atoms with Crippen molar-refractivity contribution >= 4 is 39.5 Å². The van der Waals surface area contributed by atoms with Crippen molar-refractivity contribution in [1.82, 2.24) is 0 Å². The maximum atomic E-state index is 13.5. The van der Waals surface area contributed by atoms with Crippen LogP contribution in [-0.2, 0) is 16.6 Å². The van der Waals surface area contributed by atoms with Gasteiger partial charge in [0.25, 0.3) is 0 Å². The molecule has 0 bridgehead atoms. The summed E-state index contributed by atoms with van der Waals surface area (Å²) in [4.78, 5) is 0. The molecule has 2 aromatic rings. The lowest BCUT2D eigenvalue weighted by Gasteiger charge is -2.04. The van der Waals surface area contributed by atoms with E-state index in [0.29, 0.717) is 11.6 Å². The molecule has 0 saturated heterocycles. The van der Waals surface area contributed by atoms with E-state index in [1.165, 1.54) is 0 Å². The molecule has 8 heteroatoms. The standard InChI is InChI=1S/C15H8F5IOS/c16-11-10(12(17)14(19)15(20)13(11)18)5-6-23(22)7-8-1-3-9(21)4-2-8/h1-6H,7H2. The van der Waals surface area contributed by atoms with Gasteiger partial charge in [0.2, 0.25) is 5.82 Å². The quantitative estimate of drug-likeness (QED) is 0.276. The summed E-state index contributed by atoms with van der Waals surface area (Å²) < 4.78 is 78.7. The van der Waals surface area contributed by atoms with Gasteiger partial charge in [-0.15, -0.1) is 0 Å². The Morgan fingerprint density at radius 3 is 1.87 bits per heavy atom. The Labute approximate surface area is 144 Å². The van der Waals surface area contributed by atoms with Crippen LogP contribution in [0.2, 0.25) is 0 Å². The van der Waals surface area contributed by atoms with Gasteiger partial charge >= 0.3 is 0 Å². The summed E-state index contributed by atoms with van der Waals surface area (Å²) in [6.45, 7) is 0. The van der Waals surface area contributed by atoms with Crippen molar-refractivity contribution in [2.75, 3.05) is 0 Å². The lowest BCUT2D eigenvalue weighted by Crippen LogP contribution is -2.04. The van der Waals surface area contributed by atoms with Gasteiger partial charge in [-0.25, -0.2) is 22.0 Å². The zero-order valence-corrected chi connectivity index (χ0v) is 14.2. The number of hydrogen-bond acceptors (Lipinski definition) is 1. The third-order valence-corrected chi connectivity index (χ3v) is 4.63. The summed E-state index contributed by atoms with van der Waals surface area (Å²) in [7, 11) is -1.67. The summed E-state index contributed by atoms with van der Waals surface area (Å²) in [5.74, 6) is -10.1. The Morgan fingerprint density at radius 2 is 1.35 bits per heavy atom. The molecule has 2 rings (SSSR count). The highest BCUT2D eigenvalue weighted by Crippen LogP contribution is 2.24. The second kappa shape index (κ2) is 7.52. The minimum absolute atomic E-state index is 0.0584. The predicted molar refractivity (Wildman–Crippen MR) is 86.3 cm³/mol. The Bertz CT molecular complexity index is 760. The van der Waals surface area contributed by atoms with E-state index >= 15 is 0 Å². The first-order chi connectivity index (χ1) is 10.8. The van der Waals surface area contributed by atoms with Crippen LogP contribution in [0.4, 0.5) is 22.0 Å². The summed E-state index contributed by atoms with van der Waals surface area (Å²) in [5, 5.41) is 0.899. The van der Waals surface area contributed by atoms with Crippen LogP contribution < -0.4 is 0 Å². The fourth-order valence-corrected chi connectivity index (χ4v) is 2.97. The molecule has 0 aliphatic heterocycles. The lowest BCUT2D eigenvalue weighted by atomic mass is 10.1. The molecule has 0 spiro atoms. The molecule has 0 radical (unpaired) electrons. The molecule has 1 atom stereocenters. The minimum atomic E-state index is -2.22. The van der Waals surface area contributed by atoms with Crippen molar-refractivity contribution in [1.29, 1.82) is 0 Å². The van der Waals surface area contributed by atoms with Gasteiger partial charge in [0.15, 0.2) is 23.3 Å². The predicted octanol–water partition coefficient (Wildman–Crippen LogP) is 4.91. The molecule has 0 amide bonds. The summed E-state index contributed by atoms with van der Waals surface area (Å²) in [6, 6.07) is 7.04. The fraction of sp³-hybridized carbons (Fsp3) is 0.0667. The molecule has 0 aliphatic rings.